The fourth-order valence-electron chi connectivity index (χ4n) is 1.35. The van der Waals surface area contributed by atoms with Crippen molar-refractivity contribution >= 4 is 17.2 Å². The number of methoxy groups -OCH3 is 1. The van der Waals surface area contributed by atoms with Crippen LogP contribution in [0.1, 0.15) is 0 Å². The zero-order chi connectivity index (χ0) is 13.6. The number of aliphatic hydroxyl groups is 1. The summed E-state index contributed by atoms with van der Waals surface area (Å²) in [7, 11) is 2.85. The molecule has 8 heteroatoms. The maximum absolute atomic E-state index is 12.5. The molecule has 4 nitrogen and oxygen atoms in total. The fourth-order valence-corrected chi connectivity index (χ4v) is 1.55. The molecular weight excluding hydrogens is 257 g/mol. The van der Waals surface area contributed by atoms with Crippen LogP contribution >= 0.6 is 12.2 Å². The minimum absolute atomic E-state index is 0.0586. The van der Waals surface area contributed by atoms with Gasteiger partial charge in [0, 0.05) is 20.2 Å². The van der Waals surface area contributed by atoms with E-state index in [0.717, 1.165) is 0 Å². The number of rotatable bonds is 7. The van der Waals surface area contributed by atoms with E-state index in [1.54, 1.807) is 0 Å². The normalized spacial score (nSPS) is 15.9. The van der Waals surface area contributed by atoms with Crippen LogP contribution in [0.15, 0.2) is 0 Å². The van der Waals surface area contributed by atoms with Crippen molar-refractivity contribution in [3.05, 3.63) is 0 Å². The second-order valence-electron chi connectivity index (χ2n) is 3.83. The molecule has 0 rings (SSSR count). The first-order chi connectivity index (χ1) is 7.68. The molecule has 2 unspecified atom stereocenters. The molecule has 0 spiro atoms. The van der Waals surface area contributed by atoms with Crippen LogP contribution in [-0.4, -0.2) is 61.1 Å². The Morgan fingerprint density at radius 3 is 2.35 bits per heavy atom. The van der Waals surface area contributed by atoms with Gasteiger partial charge in [0.25, 0.3) is 0 Å². The second kappa shape index (κ2) is 7.10. The number of likely N-dealkylation sites (N-methyl/N-ethyl adjacent to an activating group) is 1. The van der Waals surface area contributed by atoms with Gasteiger partial charge in [-0.05, 0) is 7.05 Å². The molecule has 0 aliphatic carbocycles. The lowest BCUT2D eigenvalue weighted by molar-refractivity contribution is -0.159. The summed E-state index contributed by atoms with van der Waals surface area (Å²) < 4.78 is 42.3. The van der Waals surface area contributed by atoms with Gasteiger partial charge in [-0.3, -0.25) is 0 Å². The van der Waals surface area contributed by atoms with Gasteiger partial charge in [0.2, 0.25) is 0 Å². The highest BCUT2D eigenvalue weighted by molar-refractivity contribution is 7.80. The standard InChI is InChI=1S/C9H17F3N2O2S/c1-14(3-6(15)5-16-2)4-7(8(13)17)9(10,11)12/h6-7,15H,3-5H2,1-2H3,(H2,13,17). The summed E-state index contributed by atoms with van der Waals surface area (Å²) in [6, 6.07) is 0. The topological polar surface area (TPSA) is 58.7 Å². The maximum atomic E-state index is 12.5. The number of halogens is 3. The molecule has 0 fully saturated rings. The third-order valence-electron chi connectivity index (χ3n) is 2.11. The summed E-state index contributed by atoms with van der Waals surface area (Å²) in [5.41, 5.74) is 5.06. The average molecular weight is 274 g/mol. The molecule has 0 heterocycles. The number of thiocarbonyl (C=S) groups is 1. The molecule has 0 saturated carbocycles. The molecule has 0 aromatic heterocycles. The van der Waals surface area contributed by atoms with E-state index >= 15 is 0 Å². The molecule has 0 radical (unpaired) electrons. The summed E-state index contributed by atoms with van der Waals surface area (Å²) >= 11 is 4.39. The van der Waals surface area contributed by atoms with Crippen LogP contribution in [0, 0.1) is 5.92 Å². The summed E-state index contributed by atoms with van der Waals surface area (Å²) in [5.74, 6) is -1.86. The molecular formula is C9H17F3N2O2S. The number of nitrogens with zero attached hydrogens (tertiary/aromatic N) is 1. The van der Waals surface area contributed by atoms with Crippen molar-refractivity contribution in [3.63, 3.8) is 0 Å². The molecule has 0 saturated heterocycles. The number of hydrogen-bond donors (Lipinski definition) is 2. The number of nitrogens with two attached hydrogens (primary N) is 1. The predicted octanol–water partition coefficient (Wildman–Crippen LogP) is 0.390. The monoisotopic (exact) mass is 274 g/mol. The molecule has 2 atom stereocenters. The third-order valence-corrected chi connectivity index (χ3v) is 2.40. The van der Waals surface area contributed by atoms with Crippen LogP contribution in [0.4, 0.5) is 13.2 Å². The number of hydrogen-bond acceptors (Lipinski definition) is 4. The van der Waals surface area contributed by atoms with Crippen LogP contribution in [0.5, 0.6) is 0 Å². The van der Waals surface area contributed by atoms with Gasteiger partial charge in [0.1, 0.15) is 5.92 Å². The SMILES string of the molecule is COCC(O)CN(C)CC(C(N)=S)C(F)(F)F. The lowest BCUT2D eigenvalue weighted by atomic mass is 10.1. The quantitative estimate of drug-likeness (QED) is 0.658. The van der Waals surface area contributed by atoms with Crippen molar-refractivity contribution in [2.45, 2.75) is 12.3 Å². The molecule has 0 aromatic carbocycles. The highest BCUT2D eigenvalue weighted by Gasteiger charge is 2.42. The van der Waals surface area contributed by atoms with Crippen LogP contribution in [0.3, 0.4) is 0 Å². The molecule has 0 aromatic rings. The van der Waals surface area contributed by atoms with Crippen molar-refractivity contribution in [3.8, 4) is 0 Å². The Bertz CT molecular complexity index is 251. The van der Waals surface area contributed by atoms with Gasteiger partial charge < -0.3 is 20.5 Å². The maximum Gasteiger partial charge on any atom is 0.399 e. The van der Waals surface area contributed by atoms with E-state index in [1.807, 2.05) is 0 Å². The lowest BCUT2D eigenvalue weighted by Crippen LogP contribution is -2.44. The number of aliphatic hydroxyl groups excluding tert-OH is 1. The molecule has 0 bridgehead atoms. The minimum atomic E-state index is -4.47. The second-order valence-corrected chi connectivity index (χ2v) is 4.30. The highest BCUT2D eigenvalue weighted by Crippen LogP contribution is 2.27. The van der Waals surface area contributed by atoms with E-state index in [1.165, 1.54) is 19.1 Å². The zero-order valence-corrected chi connectivity index (χ0v) is 10.5. The first-order valence-corrected chi connectivity index (χ1v) is 5.30. The summed E-state index contributed by atoms with van der Waals surface area (Å²) in [6.07, 6.45) is -5.31. The Kier molecular flexibility index (Phi) is 6.91. The van der Waals surface area contributed by atoms with E-state index in [4.69, 9.17) is 5.73 Å². The Morgan fingerprint density at radius 1 is 1.47 bits per heavy atom. The molecule has 0 aliphatic rings. The van der Waals surface area contributed by atoms with Crippen molar-refractivity contribution < 1.29 is 23.0 Å². The number of alkyl halides is 3. The highest BCUT2D eigenvalue weighted by atomic mass is 32.1. The van der Waals surface area contributed by atoms with E-state index in [9.17, 15) is 18.3 Å². The van der Waals surface area contributed by atoms with E-state index in [2.05, 4.69) is 17.0 Å². The van der Waals surface area contributed by atoms with Crippen molar-refractivity contribution in [2.75, 3.05) is 33.9 Å². The predicted molar refractivity (Wildman–Crippen MR) is 61.7 cm³/mol. The van der Waals surface area contributed by atoms with E-state index in [0.29, 0.717) is 0 Å². The molecule has 102 valence electrons. The first kappa shape index (κ1) is 16.6. The Labute approximate surface area is 104 Å². The average Bonchev–Trinajstić information content (AvgIpc) is 2.12. The van der Waals surface area contributed by atoms with E-state index < -0.39 is 23.2 Å². The summed E-state index contributed by atoms with van der Waals surface area (Å²) in [4.78, 5) is 0.728. The van der Waals surface area contributed by atoms with Gasteiger partial charge in [-0.2, -0.15) is 13.2 Å². The van der Waals surface area contributed by atoms with Gasteiger partial charge >= 0.3 is 6.18 Å². The van der Waals surface area contributed by atoms with Crippen LogP contribution < -0.4 is 5.73 Å². The Hall–Kier alpha value is -0.440. The minimum Gasteiger partial charge on any atom is -0.393 e. The van der Waals surface area contributed by atoms with E-state index in [-0.39, 0.29) is 19.7 Å². The Morgan fingerprint density at radius 2 is 2.00 bits per heavy atom. The largest absolute Gasteiger partial charge is 0.399 e. The van der Waals surface area contributed by atoms with Crippen LogP contribution in [0.25, 0.3) is 0 Å². The fraction of sp³-hybridized carbons (Fsp3) is 0.889. The lowest BCUT2D eigenvalue weighted by Gasteiger charge is -2.26. The van der Waals surface area contributed by atoms with Crippen LogP contribution in [-0.2, 0) is 4.74 Å². The molecule has 17 heavy (non-hydrogen) atoms. The van der Waals surface area contributed by atoms with Crippen molar-refractivity contribution in [1.29, 1.82) is 0 Å². The van der Waals surface area contributed by atoms with Gasteiger partial charge in [0.05, 0.1) is 17.7 Å². The summed E-state index contributed by atoms with van der Waals surface area (Å²) in [6.45, 7) is -0.253. The van der Waals surface area contributed by atoms with Gasteiger partial charge in [-0.15, -0.1) is 0 Å². The zero-order valence-electron chi connectivity index (χ0n) is 9.70. The number of ether oxygens (including phenoxy) is 1. The van der Waals surface area contributed by atoms with Gasteiger partial charge in [-0.25, -0.2) is 0 Å². The van der Waals surface area contributed by atoms with Crippen LogP contribution in [0.2, 0.25) is 0 Å². The van der Waals surface area contributed by atoms with Crippen molar-refractivity contribution in [2.24, 2.45) is 11.7 Å². The van der Waals surface area contributed by atoms with Crippen molar-refractivity contribution in [1.82, 2.24) is 4.90 Å². The third kappa shape index (κ3) is 6.77. The van der Waals surface area contributed by atoms with Gasteiger partial charge in [-0.1, -0.05) is 12.2 Å². The molecule has 0 amide bonds. The molecule has 3 N–H and O–H groups in total. The Balaban J connectivity index is 4.32. The smallest absolute Gasteiger partial charge is 0.393 e. The first-order valence-electron chi connectivity index (χ1n) is 4.90. The molecule has 0 aliphatic heterocycles. The summed E-state index contributed by atoms with van der Waals surface area (Å²) in [5, 5.41) is 9.36. The van der Waals surface area contributed by atoms with Gasteiger partial charge in [0.15, 0.2) is 0 Å².